The van der Waals surface area contributed by atoms with Crippen LogP contribution in [-0.2, 0) is 16.5 Å². The normalized spacial score (nSPS) is 15.4. The Balaban J connectivity index is 2.26. The molecule has 0 aromatic heterocycles. The van der Waals surface area contributed by atoms with Crippen LogP contribution < -0.4 is 21.8 Å². The van der Waals surface area contributed by atoms with Gasteiger partial charge in [0.15, 0.2) is 18.1 Å². The predicted octanol–water partition coefficient (Wildman–Crippen LogP) is 2.84. The molecule has 0 aliphatic rings. The van der Waals surface area contributed by atoms with Crippen molar-refractivity contribution in [2.24, 2.45) is 0 Å². The van der Waals surface area contributed by atoms with Crippen molar-refractivity contribution in [3.05, 3.63) is 48.5 Å². The number of hydrogen-bond donors (Lipinski definition) is 2. The first-order valence-corrected chi connectivity index (χ1v) is 23.2. The Morgan fingerprint density at radius 1 is 0.613 bits per heavy atom. The highest BCUT2D eigenvalue weighted by Gasteiger charge is 2.46. The third-order valence-electron chi connectivity index (χ3n) is 4.41. The van der Waals surface area contributed by atoms with E-state index in [-0.39, 0.29) is 0 Å². The van der Waals surface area contributed by atoms with Crippen molar-refractivity contribution in [1.82, 2.24) is 0 Å². The van der Waals surface area contributed by atoms with Crippen LogP contribution in [0.2, 0.25) is 52.4 Å². The zero-order chi connectivity index (χ0) is 23.5. The van der Waals surface area contributed by atoms with Gasteiger partial charge in [0.2, 0.25) is 0 Å². The van der Waals surface area contributed by atoms with Crippen LogP contribution in [0.25, 0.3) is 0 Å². The summed E-state index contributed by atoms with van der Waals surface area (Å²) in [6.07, 6.45) is 0. The van der Waals surface area contributed by atoms with E-state index in [0.29, 0.717) is 0 Å². The van der Waals surface area contributed by atoms with E-state index in [4.69, 9.17) is 27.9 Å². The highest BCUT2D eigenvalue weighted by Crippen LogP contribution is 2.24. The number of nitrogen functional groups attached to an aromatic ring is 2. The van der Waals surface area contributed by atoms with Gasteiger partial charge in [0, 0.05) is 11.4 Å². The minimum atomic E-state index is -2.75. The first-order valence-electron chi connectivity index (χ1n) is 10.5. The Kier molecular flexibility index (Phi) is 8.33. The van der Waals surface area contributed by atoms with E-state index < -0.39 is 43.8 Å². The number of hydrogen-bond acceptors (Lipinski definition) is 6. The summed E-state index contributed by atoms with van der Waals surface area (Å²) in [7, 11) is -10.4. The van der Waals surface area contributed by atoms with Crippen molar-refractivity contribution in [3.8, 4) is 0 Å². The molecule has 0 bridgehead atoms. The molecule has 0 saturated carbocycles. The molecule has 2 rings (SSSR count). The molecule has 0 radical (unpaired) electrons. The average Bonchev–Trinajstić information content (AvgIpc) is 2.58. The smallest absolute Gasteiger partial charge is 0.350 e. The third kappa shape index (κ3) is 8.78. The lowest BCUT2D eigenvalue weighted by atomic mass is 10.3. The van der Waals surface area contributed by atoms with Crippen molar-refractivity contribution < 1.29 is 16.5 Å². The largest absolute Gasteiger partial charge is 0.437 e. The summed E-state index contributed by atoms with van der Waals surface area (Å²) >= 11 is 0. The quantitative estimate of drug-likeness (QED) is 0.377. The lowest BCUT2D eigenvalue weighted by Crippen LogP contribution is -2.62. The molecule has 0 aliphatic carbocycles. The Morgan fingerprint density at radius 3 is 1.55 bits per heavy atom. The highest BCUT2D eigenvalue weighted by atomic mass is 28.5. The monoisotopic (exact) mass is 510 g/mol. The van der Waals surface area contributed by atoms with E-state index in [2.05, 4.69) is 52.4 Å². The van der Waals surface area contributed by atoms with Crippen LogP contribution in [0, 0.1) is 0 Å². The second kappa shape index (κ2) is 9.85. The minimum absolute atomic E-state index is 0.723. The molecular weight excluding hydrogens is 473 g/mol. The van der Waals surface area contributed by atoms with Gasteiger partial charge in [-0.15, -0.1) is 0 Å². The van der Waals surface area contributed by atoms with Gasteiger partial charge in [-0.25, -0.2) is 0 Å². The van der Waals surface area contributed by atoms with Gasteiger partial charge in [-0.2, -0.15) is 0 Å². The third-order valence-corrected chi connectivity index (χ3v) is 21.3. The highest BCUT2D eigenvalue weighted by molar-refractivity contribution is 6.93. The molecule has 0 fully saturated rings. The van der Waals surface area contributed by atoms with Gasteiger partial charge in [0.1, 0.15) is 0 Å². The maximum atomic E-state index is 6.82. The van der Waals surface area contributed by atoms with Crippen molar-refractivity contribution in [3.63, 3.8) is 0 Å². The number of anilines is 2. The van der Waals surface area contributed by atoms with Gasteiger partial charge < -0.3 is 27.9 Å². The maximum Gasteiger partial charge on any atom is 0.350 e. The summed E-state index contributed by atoms with van der Waals surface area (Å²) < 4.78 is 26.5. The van der Waals surface area contributed by atoms with Crippen LogP contribution in [0.15, 0.2) is 48.5 Å². The van der Waals surface area contributed by atoms with Crippen LogP contribution in [0.5, 0.6) is 0 Å². The van der Waals surface area contributed by atoms with Crippen LogP contribution in [0.1, 0.15) is 0 Å². The molecule has 31 heavy (non-hydrogen) atoms. The number of benzene rings is 2. The van der Waals surface area contributed by atoms with E-state index in [0.717, 1.165) is 16.6 Å². The Hall–Kier alpha value is -1.04. The van der Waals surface area contributed by atoms with Crippen LogP contribution in [0.4, 0.5) is 11.4 Å². The fourth-order valence-corrected chi connectivity index (χ4v) is 24.0. The van der Waals surface area contributed by atoms with Crippen molar-refractivity contribution in [1.29, 1.82) is 0 Å². The van der Waals surface area contributed by atoms with Gasteiger partial charge in [-0.1, -0.05) is 24.3 Å². The maximum absolute atomic E-state index is 6.82. The summed E-state index contributed by atoms with van der Waals surface area (Å²) in [6, 6.07) is 15.7. The molecule has 6 nitrogen and oxygen atoms in total. The number of rotatable bonds is 10. The lowest BCUT2D eigenvalue weighted by molar-refractivity contribution is 0.307. The fourth-order valence-electron chi connectivity index (χ4n) is 3.63. The average molecular weight is 511 g/mol. The zero-order valence-electron chi connectivity index (χ0n) is 20.1. The molecule has 2 aromatic rings. The molecule has 172 valence electrons. The van der Waals surface area contributed by atoms with Gasteiger partial charge in [-0.05, 0) is 87.0 Å². The van der Waals surface area contributed by atoms with E-state index in [9.17, 15) is 0 Å². The van der Waals surface area contributed by atoms with Crippen LogP contribution in [0.3, 0.4) is 0 Å². The zero-order valence-corrected chi connectivity index (χ0v) is 25.5. The van der Waals surface area contributed by atoms with Gasteiger partial charge >= 0.3 is 25.7 Å². The van der Waals surface area contributed by atoms with E-state index in [1.54, 1.807) is 0 Å². The van der Waals surface area contributed by atoms with Crippen LogP contribution in [-0.4, -0.2) is 43.8 Å². The molecule has 2 aromatic carbocycles. The Bertz CT molecular complexity index is 857. The van der Waals surface area contributed by atoms with E-state index >= 15 is 0 Å². The summed E-state index contributed by atoms with van der Waals surface area (Å²) in [5, 5.41) is 2.24. The molecule has 1 atom stereocenters. The topological polar surface area (TPSA) is 89.0 Å². The van der Waals surface area contributed by atoms with Gasteiger partial charge in [0.05, 0.1) is 0 Å². The summed E-state index contributed by atoms with van der Waals surface area (Å²) in [6.45, 7) is 17.1. The van der Waals surface area contributed by atoms with E-state index in [1.165, 1.54) is 5.19 Å². The minimum Gasteiger partial charge on any atom is -0.437 e. The predicted molar refractivity (Wildman–Crippen MR) is 144 cm³/mol. The molecule has 1 unspecified atom stereocenters. The lowest BCUT2D eigenvalue weighted by Gasteiger charge is -2.41. The molecule has 0 spiro atoms. The summed E-state index contributed by atoms with van der Waals surface area (Å²) in [5.41, 5.74) is 13.2. The summed E-state index contributed by atoms with van der Waals surface area (Å²) in [4.78, 5) is 0. The fraction of sp³-hybridized carbons (Fsp3) is 0.400. The Labute approximate surface area is 194 Å². The van der Waals surface area contributed by atoms with E-state index in [1.807, 2.05) is 48.5 Å². The van der Waals surface area contributed by atoms with Crippen LogP contribution >= 0.6 is 0 Å². The first kappa shape index (κ1) is 26.2. The molecule has 0 saturated heterocycles. The molecule has 0 amide bonds. The molecular formula is C20H38N2O4Si5. The van der Waals surface area contributed by atoms with Gasteiger partial charge in [0.25, 0.3) is 0 Å². The van der Waals surface area contributed by atoms with Crippen molar-refractivity contribution in [2.45, 2.75) is 52.4 Å². The van der Waals surface area contributed by atoms with Gasteiger partial charge in [-0.3, -0.25) is 0 Å². The first-order chi connectivity index (χ1) is 14.1. The van der Waals surface area contributed by atoms with Crippen molar-refractivity contribution >= 4 is 65.5 Å². The standard InChI is InChI=1S/C20H38N2O4Si5/c1-28(2,3)24-29(4,5)25-30(6,7)26-31(8,20-15-11-18(22)12-16-20)23-27-19-13-9-17(21)10-14-19/h9-16H,21-22,27H2,1-8H3. The second-order valence-electron chi connectivity index (χ2n) is 9.82. The number of nitrogens with two attached hydrogens (primary N) is 2. The molecule has 4 N–H and O–H groups in total. The second-order valence-corrected chi connectivity index (χ2v) is 26.8. The molecule has 11 heteroatoms. The summed E-state index contributed by atoms with van der Waals surface area (Å²) in [5.74, 6) is 0. The Morgan fingerprint density at radius 2 is 1.06 bits per heavy atom. The molecule has 0 aliphatic heterocycles. The SMILES string of the molecule is C[Si](C)(C)O[Si](C)(C)O[Si](C)(C)O[Si](C)(O[SiH2]c1ccc(N)cc1)c1ccc(N)cc1. The van der Waals surface area contributed by atoms with Crippen molar-refractivity contribution in [2.75, 3.05) is 11.5 Å². The molecule has 0 heterocycles.